The van der Waals surface area contributed by atoms with Gasteiger partial charge in [0.15, 0.2) is 0 Å². The molecule has 2 amide bonds. The summed E-state index contributed by atoms with van der Waals surface area (Å²) in [5.74, 6) is 0.794. The van der Waals surface area contributed by atoms with E-state index in [0.717, 1.165) is 18.8 Å². The molecule has 0 radical (unpaired) electrons. The molecule has 1 aliphatic rings. The second-order valence-electron chi connectivity index (χ2n) is 4.66. The number of aliphatic hydroxyl groups excluding tert-OH is 1. The van der Waals surface area contributed by atoms with Crippen LogP contribution in [0.4, 0.5) is 4.79 Å². The quantitative estimate of drug-likeness (QED) is 0.662. The van der Waals surface area contributed by atoms with Crippen molar-refractivity contribution in [1.29, 1.82) is 0 Å². The summed E-state index contributed by atoms with van der Waals surface area (Å²) in [5.41, 5.74) is 0. The van der Waals surface area contributed by atoms with Crippen LogP contribution in [0.25, 0.3) is 0 Å². The van der Waals surface area contributed by atoms with E-state index in [4.69, 9.17) is 5.11 Å². The first-order chi connectivity index (χ1) is 7.11. The molecule has 1 fully saturated rings. The van der Waals surface area contributed by atoms with Crippen LogP contribution in [-0.4, -0.2) is 29.8 Å². The molecule has 1 aliphatic carbocycles. The van der Waals surface area contributed by atoms with Gasteiger partial charge in [0.1, 0.15) is 0 Å². The lowest BCUT2D eigenvalue weighted by atomic mass is 9.87. The van der Waals surface area contributed by atoms with Crippen LogP contribution in [0.5, 0.6) is 0 Å². The van der Waals surface area contributed by atoms with Crippen LogP contribution in [0.3, 0.4) is 0 Å². The number of carbonyl (C=O) groups excluding carboxylic acids is 1. The molecule has 88 valence electrons. The molecule has 1 unspecified atom stereocenters. The predicted molar refractivity (Wildman–Crippen MR) is 59.6 cm³/mol. The molecule has 1 atom stereocenters. The Bertz CT molecular complexity index is 201. The lowest BCUT2D eigenvalue weighted by molar-refractivity contribution is 0.211. The van der Waals surface area contributed by atoms with Gasteiger partial charge in [0, 0.05) is 6.04 Å². The number of hydrogen-bond donors (Lipinski definition) is 3. The molecule has 4 heteroatoms. The molecule has 0 aliphatic heterocycles. The highest BCUT2D eigenvalue weighted by Crippen LogP contribution is 2.23. The number of hydrogen-bond acceptors (Lipinski definition) is 2. The van der Waals surface area contributed by atoms with Gasteiger partial charge in [-0.2, -0.15) is 0 Å². The Morgan fingerprint density at radius 3 is 2.53 bits per heavy atom. The third-order valence-corrected chi connectivity index (χ3v) is 3.00. The standard InChI is InChI=1S/C11H22N2O2/c1-8-3-5-10(6-4-8)13-11(15)12-9(2)7-14/h8-10,14H,3-7H2,1-2H3,(H2,12,13,15). The molecule has 0 spiro atoms. The molecule has 15 heavy (non-hydrogen) atoms. The van der Waals surface area contributed by atoms with E-state index in [2.05, 4.69) is 17.6 Å². The molecule has 0 heterocycles. The Morgan fingerprint density at radius 2 is 2.00 bits per heavy atom. The molecular formula is C11H22N2O2. The van der Waals surface area contributed by atoms with Crippen LogP contribution in [-0.2, 0) is 0 Å². The Balaban J connectivity index is 2.20. The zero-order chi connectivity index (χ0) is 11.3. The van der Waals surface area contributed by atoms with Gasteiger partial charge in [-0.3, -0.25) is 0 Å². The zero-order valence-electron chi connectivity index (χ0n) is 9.62. The molecule has 3 N–H and O–H groups in total. The number of nitrogens with one attached hydrogen (secondary N) is 2. The fourth-order valence-corrected chi connectivity index (χ4v) is 1.90. The average molecular weight is 214 g/mol. The number of urea groups is 1. The van der Waals surface area contributed by atoms with Crippen LogP contribution < -0.4 is 10.6 Å². The lowest BCUT2D eigenvalue weighted by Crippen LogP contribution is -2.47. The summed E-state index contributed by atoms with van der Waals surface area (Å²) < 4.78 is 0. The highest BCUT2D eigenvalue weighted by atomic mass is 16.3. The highest BCUT2D eigenvalue weighted by Gasteiger charge is 2.19. The summed E-state index contributed by atoms with van der Waals surface area (Å²) in [4.78, 5) is 11.4. The van der Waals surface area contributed by atoms with E-state index in [0.29, 0.717) is 6.04 Å². The van der Waals surface area contributed by atoms with Gasteiger partial charge < -0.3 is 15.7 Å². The first-order valence-corrected chi connectivity index (χ1v) is 5.79. The van der Waals surface area contributed by atoms with Gasteiger partial charge >= 0.3 is 6.03 Å². The Kier molecular flexibility index (Phi) is 4.88. The third-order valence-electron chi connectivity index (χ3n) is 3.00. The van der Waals surface area contributed by atoms with Crippen LogP contribution in [0.2, 0.25) is 0 Å². The van der Waals surface area contributed by atoms with E-state index in [-0.39, 0.29) is 18.7 Å². The number of amides is 2. The van der Waals surface area contributed by atoms with Gasteiger partial charge in [-0.15, -0.1) is 0 Å². The largest absolute Gasteiger partial charge is 0.394 e. The number of rotatable bonds is 3. The smallest absolute Gasteiger partial charge is 0.315 e. The van der Waals surface area contributed by atoms with Gasteiger partial charge in [-0.25, -0.2) is 4.79 Å². The van der Waals surface area contributed by atoms with Crippen molar-refractivity contribution in [3.05, 3.63) is 0 Å². The topological polar surface area (TPSA) is 61.4 Å². The SMILES string of the molecule is CC1CCC(NC(=O)NC(C)CO)CC1. The Hall–Kier alpha value is -0.770. The van der Waals surface area contributed by atoms with E-state index in [9.17, 15) is 4.79 Å². The van der Waals surface area contributed by atoms with Crippen molar-refractivity contribution in [2.75, 3.05) is 6.61 Å². The van der Waals surface area contributed by atoms with Crippen LogP contribution >= 0.6 is 0 Å². The van der Waals surface area contributed by atoms with Crippen molar-refractivity contribution < 1.29 is 9.90 Å². The lowest BCUT2D eigenvalue weighted by Gasteiger charge is -2.27. The molecular weight excluding hydrogens is 192 g/mol. The molecule has 4 nitrogen and oxygen atoms in total. The molecule has 0 aromatic carbocycles. The highest BCUT2D eigenvalue weighted by molar-refractivity contribution is 5.74. The number of aliphatic hydroxyl groups is 1. The first kappa shape index (κ1) is 12.3. The van der Waals surface area contributed by atoms with Gasteiger partial charge in [0.05, 0.1) is 12.6 Å². The van der Waals surface area contributed by atoms with Gasteiger partial charge in [-0.1, -0.05) is 6.92 Å². The Labute approximate surface area is 91.4 Å². The van der Waals surface area contributed by atoms with Gasteiger partial charge in [0.25, 0.3) is 0 Å². The molecule has 0 saturated heterocycles. The second-order valence-corrected chi connectivity index (χ2v) is 4.66. The monoisotopic (exact) mass is 214 g/mol. The average Bonchev–Trinajstić information content (AvgIpc) is 2.21. The predicted octanol–water partition coefficient (Wildman–Crippen LogP) is 1.25. The van der Waals surface area contributed by atoms with Crippen LogP contribution in [0.15, 0.2) is 0 Å². The Morgan fingerprint density at radius 1 is 1.40 bits per heavy atom. The van der Waals surface area contributed by atoms with Crippen molar-refractivity contribution in [2.45, 2.75) is 51.6 Å². The first-order valence-electron chi connectivity index (χ1n) is 5.79. The van der Waals surface area contributed by atoms with Crippen molar-refractivity contribution in [2.24, 2.45) is 5.92 Å². The van der Waals surface area contributed by atoms with E-state index >= 15 is 0 Å². The second kappa shape index (κ2) is 5.95. The van der Waals surface area contributed by atoms with Crippen molar-refractivity contribution in [3.8, 4) is 0 Å². The molecule has 0 aromatic rings. The summed E-state index contributed by atoms with van der Waals surface area (Å²) in [7, 11) is 0. The van der Waals surface area contributed by atoms with Crippen LogP contribution in [0, 0.1) is 5.92 Å². The van der Waals surface area contributed by atoms with Crippen molar-refractivity contribution in [3.63, 3.8) is 0 Å². The van der Waals surface area contributed by atoms with Crippen molar-refractivity contribution >= 4 is 6.03 Å². The fraction of sp³-hybridized carbons (Fsp3) is 0.909. The summed E-state index contributed by atoms with van der Waals surface area (Å²) in [6, 6.07) is -0.0179. The van der Waals surface area contributed by atoms with E-state index in [1.54, 1.807) is 6.92 Å². The van der Waals surface area contributed by atoms with Crippen LogP contribution in [0.1, 0.15) is 39.5 Å². The summed E-state index contributed by atoms with van der Waals surface area (Å²) >= 11 is 0. The normalized spacial score (nSPS) is 28.2. The van der Waals surface area contributed by atoms with Gasteiger partial charge in [-0.05, 0) is 38.5 Å². The minimum Gasteiger partial charge on any atom is -0.394 e. The van der Waals surface area contributed by atoms with E-state index in [1.807, 2.05) is 0 Å². The van der Waals surface area contributed by atoms with Gasteiger partial charge in [0.2, 0.25) is 0 Å². The molecule has 0 aromatic heterocycles. The minimum absolute atomic E-state index is 0.0187. The van der Waals surface area contributed by atoms with E-state index in [1.165, 1.54) is 12.8 Å². The van der Waals surface area contributed by atoms with E-state index < -0.39 is 0 Å². The molecule has 0 bridgehead atoms. The fourth-order valence-electron chi connectivity index (χ4n) is 1.90. The summed E-state index contributed by atoms with van der Waals surface area (Å²) in [5, 5.41) is 14.4. The third kappa shape index (κ3) is 4.51. The number of carbonyl (C=O) groups is 1. The molecule has 1 rings (SSSR count). The maximum atomic E-state index is 11.4. The van der Waals surface area contributed by atoms with Crippen molar-refractivity contribution in [1.82, 2.24) is 10.6 Å². The maximum absolute atomic E-state index is 11.4. The maximum Gasteiger partial charge on any atom is 0.315 e. The minimum atomic E-state index is -0.174. The molecule has 1 saturated carbocycles. The zero-order valence-corrected chi connectivity index (χ0v) is 9.62. The summed E-state index contributed by atoms with van der Waals surface area (Å²) in [6.07, 6.45) is 4.53. The summed E-state index contributed by atoms with van der Waals surface area (Å²) in [6.45, 7) is 4.02.